The third kappa shape index (κ3) is 4.83. The summed E-state index contributed by atoms with van der Waals surface area (Å²) in [7, 11) is 1.32. The predicted molar refractivity (Wildman–Crippen MR) is 94.5 cm³/mol. The highest BCUT2D eigenvalue weighted by atomic mass is 35.5. The van der Waals surface area contributed by atoms with Gasteiger partial charge in [-0.25, -0.2) is 14.6 Å². The molecule has 1 fully saturated rings. The van der Waals surface area contributed by atoms with Crippen LogP contribution in [0.4, 0.5) is 5.82 Å². The number of piperazine rings is 1. The molecular formula is C17H24ClN3O4. The van der Waals surface area contributed by atoms with Crippen LogP contribution >= 0.6 is 11.6 Å². The number of methoxy groups -OCH3 is 1. The Hall–Kier alpha value is -1.86. The summed E-state index contributed by atoms with van der Waals surface area (Å²) in [5.41, 5.74) is -0.201. The van der Waals surface area contributed by atoms with Gasteiger partial charge in [-0.15, -0.1) is 5.06 Å². The standard InChI is InChI=1S/C17H24ClN3O4/c1-11-10-20(6-7-21(11)25-16(23)17(2,3)4)14-9-12(15(22)24-5)8-13(18)19-14/h8-9,11H,6-7,10H2,1-5H3/t11-/m0/s1. The molecule has 2 rings (SSSR count). The van der Waals surface area contributed by atoms with E-state index < -0.39 is 11.4 Å². The van der Waals surface area contributed by atoms with Gasteiger partial charge in [0.05, 0.1) is 30.7 Å². The molecule has 0 aliphatic carbocycles. The van der Waals surface area contributed by atoms with Crippen LogP contribution in [0.25, 0.3) is 0 Å². The predicted octanol–water partition coefficient (Wildman–Crippen LogP) is 2.54. The van der Waals surface area contributed by atoms with Crippen molar-refractivity contribution in [3.63, 3.8) is 0 Å². The lowest BCUT2D eigenvalue weighted by molar-refractivity contribution is -0.211. The Morgan fingerprint density at radius 3 is 2.52 bits per heavy atom. The SMILES string of the molecule is COC(=O)c1cc(Cl)nc(N2CCN(OC(=O)C(C)(C)C)[C@@H](C)C2)c1. The second kappa shape index (κ2) is 7.58. The maximum Gasteiger partial charge on any atom is 0.338 e. The van der Waals surface area contributed by atoms with E-state index in [0.717, 1.165) is 0 Å². The number of esters is 1. The normalized spacial score (nSPS) is 18.8. The summed E-state index contributed by atoms with van der Waals surface area (Å²) >= 11 is 6.03. The monoisotopic (exact) mass is 369 g/mol. The molecule has 0 radical (unpaired) electrons. The first kappa shape index (κ1) is 19.5. The Morgan fingerprint density at radius 1 is 1.28 bits per heavy atom. The fraction of sp³-hybridized carbons (Fsp3) is 0.588. The first-order valence-corrected chi connectivity index (χ1v) is 8.49. The number of hydrogen-bond acceptors (Lipinski definition) is 7. The molecule has 138 valence electrons. The zero-order chi connectivity index (χ0) is 18.8. The summed E-state index contributed by atoms with van der Waals surface area (Å²) in [6, 6.07) is 3.10. The summed E-state index contributed by atoms with van der Waals surface area (Å²) < 4.78 is 4.74. The van der Waals surface area contributed by atoms with Crippen LogP contribution in [0, 0.1) is 5.41 Å². The molecule has 8 heteroatoms. The lowest BCUT2D eigenvalue weighted by atomic mass is 9.98. The molecule has 25 heavy (non-hydrogen) atoms. The second-order valence-corrected chi connectivity index (χ2v) is 7.48. The van der Waals surface area contributed by atoms with E-state index in [2.05, 4.69) is 4.98 Å². The number of hydroxylamine groups is 2. The number of carbonyl (C=O) groups is 2. The number of rotatable bonds is 3. The molecule has 1 aliphatic rings. The number of hydrogen-bond donors (Lipinski definition) is 0. The minimum absolute atomic E-state index is 0.0255. The second-order valence-electron chi connectivity index (χ2n) is 7.09. The van der Waals surface area contributed by atoms with E-state index in [1.165, 1.54) is 13.2 Å². The lowest BCUT2D eigenvalue weighted by Crippen LogP contribution is -2.53. The maximum atomic E-state index is 12.1. The Bertz CT molecular complexity index is 660. The maximum absolute atomic E-state index is 12.1. The van der Waals surface area contributed by atoms with Gasteiger partial charge in [-0.3, -0.25) is 0 Å². The first-order valence-electron chi connectivity index (χ1n) is 8.11. The summed E-state index contributed by atoms with van der Waals surface area (Å²) in [4.78, 5) is 35.6. The number of halogens is 1. The minimum Gasteiger partial charge on any atom is -0.465 e. The van der Waals surface area contributed by atoms with Gasteiger partial charge in [0.15, 0.2) is 0 Å². The highest BCUT2D eigenvalue weighted by Gasteiger charge is 2.32. The van der Waals surface area contributed by atoms with Crippen LogP contribution in [0.15, 0.2) is 12.1 Å². The van der Waals surface area contributed by atoms with E-state index in [1.54, 1.807) is 11.1 Å². The number of anilines is 1. The van der Waals surface area contributed by atoms with Crippen molar-refractivity contribution in [3.8, 4) is 0 Å². The topological polar surface area (TPSA) is 72.0 Å². The third-order valence-electron chi connectivity index (χ3n) is 3.90. The van der Waals surface area contributed by atoms with Crippen molar-refractivity contribution in [2.75, 3.05) is 31.6 Å². The van der Waals surface area contributed by atoms with Crippen molar-refractivity contribution in [1.82, 2.24) is 10.0 Å². The van der Waals surface area contributed by atoms with E-state index in [-0.39, 0.29) is 17.2 Å². The van der Waals surface area contributed by atoms with Crippen molar-refractivity contribution in [3.05, 3.63) is 22.8 Å². The van der Waals surface area contributed by atoms with E-state index in [0.29, 0.717) is 31.0 Å². The van der Waals surface area contributed by atoms with Crippen molar-refractivity contribution in [2.45, 2.75) is 33.7 Å². The number of ether oxygens (including phenoxy) is 1. The highest BCUT2D eigenvalue weighted by Crippen LogP contribution is 2.23. The molecule has 1 aromatic heterocycles. The molecule has 0 aromatic carbocycles. The summed E-state index contributed by atoms with van der Waals surface area (Å²) in [5, 5.41) is 1.92. The van der Waals surface area contributed by atoms with E-state index in [1.807, 2.05) is 32.6 Å². The highest BCUT2D eigenvalue weighted by molar-refractivity contribution is 6.29. The quantitative estimate of drug-likeness (QED) is 0.598. The van der Waals surface area contributed by atoms with Crippen LogP contribution < -0.4 is 4.90 Å². The van der Waals surface area contributed by atoms with E-state index >= 15 is 0 Å². The number of nitrogens with zero attached hydrogens (tertiary/aromatic N) is 3. The fourth-order valence-electron chi connectivity index (χ4n) is 2.41. The van der Waals surface area contributed by atoms with Crippen LogP contribution in [0.3, 0.4) is 0 Å². The Balaban J connectivity index is 2.09. The fourth-order valence-corrected chi connectivity index (χ4v) is 2.61. The summed E-state index contributed by atoms with van der Waals surface area (Å²) in [6.45, 7) is 9.14. The summed E-state index contributed by atoms with van der Waals surface area (Å²) in [6.07, 6.45) is 0. The lowest BCUT2D eigenvalue weighted by Gasteiger charge is -2.39. The largest absolute Gasteiger partial charge is 0.465 e. The van der Waals surface area contributed by atoms with Crippen molar-refractivity contribution in [1.29, 1.82) is 0 Å². The Labute approximate surface area is 152 Å². The zero-order valence-electron chi connectivity index (χ0n) is 15.2. The van der Waals surface area contributed by atoms with Crippen molar-refractivity contribution >= 4 is 29.4 Å². The number of carbonyl (C=O) groups excluding carboxylic acids is 2. The van der Waals surface area contributed by atoms with Crippen molar-refractivity contribution in [2.24, 2.45) is 5.41 Å². The van der Waals surface area contributed by atoms with E-state index in [4.69, 9.17) is 21.2 Å². The van der Waals surface area contributed by atoms with Crippen LogP contribution in [0.1, 0.15) is 38.1 Å². The van der Waals surface area contributed by atoms with Crippen LogP contribution in [-0.4, -0.2) is 54.8 Å². The van der Waals surface area contributed by atoms with Gasteiger partial charge in [0.2, 0.25) is 0 Å². The first-order chi connectivity index (χ1) is 11.6. The van der Waals surface area contributed by atoms with Gasteiger partial charge < -0.3 is 14.5 Å². The average molecular weight is 370 g/mol. The van der Waals surface area contributed by atoms with Gasteiger partial charge in [0.1, 0.15) is 11.0 Å². The molecule has 1 aliphatic heterocycles. The molecular weight excluding hydrogens is 346 g/mol. The third-order valence-corrected chi connectivity index (χ3v) is 4.10. The van der Waals surface area contributed by atoms with Crippen LogP contribution in [-0.2, 0) is 14.4 Å². The smallest absolute Gasteiger partial charge is 0.338 e. The molecule has 0 N–H and O–H groups in total. The molecule has 1 atom stereocenters. The molecule has 0 amide bonds. The molecule has 1 saturated heterocycles. The van der Waals surface area contributed by atoms with Crippen LogP contribution in [0.5, 0.6) is 0 Å². The average Bonchev–Trinajstić information content (AvgIpc) is 2.54. The van der Waals surface area contributed by atoms with Crippen LogP contribution in [0.2, 0.25) is 5.15 Å². The Morgan fingerprint density at radius 2 is 1.96 bits per heavy atom. The van der Waals surface area contributed by atoms with Gasteiger partial charge in [-0.2, -0.15) is 0 Å². The molecule has 0 spiro atoms. The van der Waals surface area contributed by atoms with Crippen molar-refractivity contribution < 1.29 is 19.2 Å². The number of aromatic nitrogens is 1. The molecule has 1 aromatic rings. The van der Waals surface area contributed by atoms with Gasteiger partial charge in [0, 0.05) is 13.1 Å². The molecule has 7 nitrogen and oxygen atoms in total. The molecule has 2 heterocycles. The van der Waals surface area contributed by atoms with Gasteiger partial charge in [0.25, 0.3) is 0 Å². The summed E-state index contributed by atoms with van der Waals surface area (Å²) in [5.74, 6) is -0.125. The van der Waals surface area contributed by atoms with Gasteiger partial charge >= 0.3 is 11.9 Å². The number of pyridine rings is 1. The molecule has 0 bridgehead atoms. The van der Waals surface area contributed by atoms with Gasteiger partial charge in [-0.05, 0) is 39.8 Å². The van der Waals surface area contributed by atoms with Gasteiger partial charge in [-0.1, -0.05) is 11.6 Å². The Kier molecular flexibility index (Phi) is 5.90. The van der Waals surface area contributed by atoms with E-state index in [9.17, 15) is 9.59 Å². The minimum atomic E-state index is -0.555. The molecule has 0 unspecified atom stereocenters. The zero-order valence-corrected chi connectivity index (χ0v) is 16.0. The molecule has 0 saturated carbocycles.